The van der Waals surface area contributed by atoms with E-state index in [0.29, 0.717) is 6.61 Å². The zero-order chi connectivity index (χ0) is 14.8. The van der Waals surface area contributed by atoms with Gasteiger partial charge in [0.2, 0.25) is 0 Å². The first kappa shape index (κ1) is 14.4. The molecule has 114 valence electrons. The van der Waals surface area contributed by atoms with Gasteiger partial charge in [0.15, 0.2) is 6.10 Å². The van der Waals surface area contributed by atoms with Gasteiger partial charge in [0.25, 0.3) is 0 Å². The lowest BCUT2D eigenvalue weighted by molar-refractivity contribution is -0.148. The van der Waals surface area contributed by atoms with Gasteiger partial charge in [-0.1, -0.05) is 12.1 Å². The zero-order valence-electron chi connectivity index (χ0n) is 12.4. The molecule has 0 saturated carbocycles. The molecule has 0 unspecified atom stereocenters. The molecule has 2 heterocycles. The summed E-state index contributed by atoms with van der Waals surface area (Å²) in [6.45, 7) is 4.78. The molecule has 2 fully saturated rings. The van der Waals surface area contributed by atoms with Crippen molar-refractivity contribution in [3.8, 4) is 0 Å². The summed E-state index contributed by atoms with van der Waals surface area (Å²) in [4.78, 5) is 15.9. The molecule has 21 heavy (non-hydrogen) atoms. The molecule has 2 saturated heterocycles. The van der Waals surface area contributed by atoms with E-state index >= 15 is 0 Å². The summed E-state index contributed by atoms with van der Waals surface area (Å²) in [5.74, 6) is -0.885. The van der Waals surface area contributed by atoms with Gasteiger partial charge in [0, 0.05) is 44.4 Å². The van der Waals surface area contributed by atoms with E-state index in [1.165, 1.54) is 5.69 Å². The quantitative estimate of drug-likeness (QED) is 0.912. The Balaban J connectivity index is 1.70. The first-order chi connectivity index (χ1) is 10.1. The van der Waals surface area contributed by atoms with Crippen LogP contribution >= 0.6 is 0 Å². The van der Waals surface area contributed by atoms with E-state index in [2.05, 4.69) is 41.1 Å². The van der Waals surface area contributed by atoms with Gasteiger partial charge in [-0.15, -0.1) is 0 Å². The number of piperazine rings is 1. The van der Waals surface area contributed by atoms with E-state index in [0.717, 1.165) is 38.2 Å². The van der Waals surface area contributed by atoms with Crippen LogP contribution in [0.2, 0.25) is 0 Å². The van der Waals surface area contributed by atoms with E-state index in [9.17, 15) is 9.90 Å². The molecule has 0 bridgehead atoms. The third-order valence-corrected chi connectivity index (χ3v) is 4.52. The standard InChI is InChI=1S/C16H22N2O3/c1-17-7-9-18(10-8-17)13-4-2-12(3-5-13)14-6-11-21-15(14)16(19)20/h2-5,14-15H,6-11H2,1H3,(H,19,20)/t14-,15-/m1/s1. The van der Waals surface area contributed by atoms with E-state index in [1.54, 1.807) is 0 Å². The average Bonchev–Trinajstić information content (AvgIpc) is 2.98. The van der Waals surface area contributed by atoms with E-state index in [1.807, 2.05) is 0 Å². The monoisotopic (exact) mass is 290 g/mol. The SMILES string of the molecule is CN1CCN(c2ccc([C@H]3CCO[C@H]3C(=O)O)cc2)CC1. The van der Waals surface area contributed by atoms with E-state index in [4.69, 9.17) is 4.74 Å². The zero-order valence-corrected chi connectivity index (χ0v) is 12.4. The highest BCUT2D eigenvalue weighted by molar-refractivity contribution is 5.74. The van der Waals surface area contributed by atoms with Crippen LogP contribution in [-0.2, 0) is 9.53 Å². The highest BCUT2D eigenvalue weighted by atomic mass is 16.5. The molecule has 2 aliphatic heterocycles. The summed E-state index contributed by atoms with van der Waals surface area (Å²) in [7, 11) is 2.15. The van der Waals surface area contributed by atoms with Crippen molar-refractivity contribution in [3.05, 3.63) is 29.8 Å². The maximum atomic E-state index is 11.2. The molecule has 1 aromatic rings. The summed E-state index contributed by atoms with van der Waals surface area (Å²) in [5, 5.41) is 9.19. The molecule has 1 N–H and O–H groups in total. The number of aliphatic carboxylic acids is 1. The number of likely N-dealkylation sites (N-methyl/N-ethyl adjacent to an activating group) is 1. The first-order valence-corrected chi connectivity index (χ1v) is 7.53. The largest absolute Gasteiger partial charge is 0.479 e. The number of hydrogen-bond acceptors (Lipinski definition) is 4. The normalized spacial score (nSPS) is 27.0. The lowest BCUT2D eigenvalue weighted by atomic mass is 9.92. The van der Waals surface area contributed by atoms with Gasteiger partial charge >= 0.3 is 5.97 Å². The van der Waals surface area contributed by atoms with Crippen molar-refractivity contribution in [1.82, 2.24) is 4.90 Å². The van der Waals surface area contributed by atoms with E-state index < -0.39 is 12.1 Å². The summed E-state index contributed by atoms with van der Waals surface area (Å²) in [5.41, 5.74) is 2.29. The van der Waals surface area contributed by atoms with Crippen LogP contribution < -0.4 is 4.90 Å². The predicted octanol–water partition coefficient (Wildman–Crippen LogP) is 1.40. The average molecular weight is 290 g/mol. The smallest absolute Gasteiger partial charge is 0.333 e. The maximum absolute atomic E-state index is 11.2. The van der Waals surface area contributed by atoms with Crippen molar-refractivity contribution < 1.29 is 14.6 Å². The number of anilines is 1. The molecule has 0 amide bonds. The summed E-state index contributed by atoms with van der Waals surface area (Å²) >= 11 is 0. The number of rotatable bonds is 3. The number of carbonyl (C=O) groups is 1. The molecule has 0 aromatic heterocycles. The summed E-state index contributed by atoms with van der Waals surface area (Å²) < 4.78 is 5.32. The van der Waals surface area contributed by atoms with Crippen molar-refractivity contribution in [2.75, 3.05) is 44.7 Å². The van der Waals surface area contributed by atoms with Crippen molar-refractivity contribution in [2.24, 2.45) is 0 Å². The Morgan fingerprint density at radius 1 is 1.19 bits per heavy atom. The maximum Gasteiger partial charge on any atom is 0.333 e. The Bertz CT molecular complexity index is 495. The third-order valence-electron chi connectivity index (χ3n) is 4.52. The Kier molecular flexibility index (Phi) is 4.12. The third kappa shape index (κ3) is 3.04. The summed E-state index contributed by atoms with van der Waals surface area (Å²) in [6, 6.07) is 8.33. The molecule has 0 spiro atoms. The van der Waals surface area contributed by atoms with Gasteiger partial charge in [0.05, 0.1) is 0 Å². The number of benzene rings is 1. The number of nitrogens with zero attached hydrogens (tertiary/aromatic N) is 2. The highest BCUT2D eigenvalue weighted by Crippen LogP contribution is 2.32. The molecular weight excluding hydrogens is 268 g/mol. The second-order valence-corrected chi connectivity index (χ2v) is 5.91. The lowest BCUT2D eigenvalue weighted by Crippen LogP contribution is -2.44. The van der Waals surface area contributed by atoms with Gasteiger partial charge in [-0.25, -0.2) is 4.79 Å². The topological polar surface area (TPSA) is 53.0 Å². The molecular formula is C16H22N2O3. The highest BCUT2D eigenvalue weighted by Gasteiger charge is 2.35. The number of ether oxygens (including phenoxy) is 1. The van der Waals surface area contributed by atoms with E-state index in [-0.39, 0.29) is 5.92 Å². The molecule has 0 radical (unpaired) electrons. The van der Waals surface area contributed by atoms with Crippen LogP contribution in [0.3, 0.4) is 0 Å². The molecule has 1 aromatic carbocycles. The van der Waals surface area contributed by atoms with Crippen LogP contribution in [0.1, 0.15) is 17.9 Å². The lowest BCUT2D eigenvalue weighted by Gasteiger charge is -2.34. The molecule has 2 aliphatic rings. The number of carboxylic acid groups (broad SMARTS) is 1. The Hall–Kier alpha value is -1.59. The molecule has 3 rings (SSSR count). The molecule has 5 heteroatoms. The van der Waals surface area contributed by atoms with Crippen molar-refractivity contribution in [1.29, 1.82) is 0 Å². The summed E-state index contributed by atoms with van der Waals surface area (Å²) in [6.07, 6.45) is 0.0876. The van der Waals surface area contributed by atoms with Crippen LogP contribution in [0.5, 0.6) is 0 Å². The predicted molar refractivity (Wildman–Crippen MR) is 80.9 cm³/mol. The van der Waals surface area contributed by atoms with Gasteiger partial charge in [-0.3, -0.25) is 0 Å². The molecule has 5 nitrogen and oxygen atoms in total. The van der Waals surface area contributed by atoms with Crippen LogP contribution in [0.4, 0.5) is 5.69 Å². The van der Waals surface area contributed by atoms with Crippen molar-refractivity contribution in [2.45, 2.75) is 18.4 Å². The fourth-order valence-corrected chi connectivity index (χ4v) is 3.17. The minimum Gasteiger partial charge on any atom is -0.479 e. The van der Waals surface area contributed by atoms with Gasteiger partial charge in [-0.2, -0.15) is 0 Å². The van der Waals surface area contributed by atoms with Crippen molar-refractivity contribution >= 4 is 11.7 Å². The van der Waals surface area contributed by atoms with Crippen LogP contribution in [-0.4, -0.2) is 61.9 Å². The van der Waals surface area contributed by atoms with Crippen LogP contribution in [0.25, 0.3) is 0 Å². The first-order valence-electron chi connectivity index (χ1n) is 7.53. The Labute approximate surface area is 125 Å². The Morgan fingerprint density at radius 2 is 1.86 bits per heavy atom. The molecule has 0 aliphatic carbocycles. The number of hydrogen-bond donors (Lipinski definition) is 1. The van der Waals surface area contributed by atoms with Gasteiger partial charge < -0.3 is 19.6 Å². The fraction of sp³-hybridized carbons (Fsp3) is 0.562. The number of carboxylic acids is 1. The minimum atomic E-state index is -0.861. The van der Waals surface area contributed by atoms with Gasteiger partial charge in [-0.05, 0) is 31.2 Å². The fourth-order valence-electron chi connectivity index (χ4n) is 3.17. The minimum absolute atomic E-state index is 0.0240. The molecule has 2 atom stereocenters. The van der Waals surface area contributed by atoms with Crippen LogP contribution in [0.15, 0.2) is 24.3 Å². The van der Waals surface area contributed by atoms with Crippen LogP contribution in [0, 0.1) is 0 Å². The van der Waals surface area contributed by atoms with Crippen molar-refractivity contribution in [3.63, 3.8) is 0 Å². The second-order valence-electron chi connectivity index (χ2n) is 5.91. The second kappa shape index (κ2) is 6.03. The Morgan fingerprint density at radius 3 is 2.48 bits per heavy atom. The van der Waals surface area contributed by atoms with Gasteiger partial charge in [0.1, 0.15) is 0 Å².